The Morgan fingerprint density at radius 1 is 1.07 bits per heavy atom. The molecule has 0 bridgehead atoms. The Morgan fingerprint density at radius 3 is 2.48 bits per heavy atom. The Hall–Kier alpha value is -2.73. The highest BCUT2D eigenvalue weighted by Gasteiger charge is 2.54. The average molecular weight is 387 g/mol. The Kier molecular flexibility index (Phi) is 4.66. The van der Waals surface area contributed by atoms with Crippen molar-refractivity contribution in [3.63, 3.8) is 0 Å². The number of hydrogen-bond donors (Lipinski definition) is 0. The third-order valence-corrected chi connectivity index (χ3v) is 5.00. The summed E-state index contributed by atoms with van der Waals surface area (Å²) in [6, 6.07) is 16.6. The molecule has 2 aliphatic heterocycles. The fourth-order valence-corrected chi connectivity index (χ4v) is 3.49. The van der Waals surface area contributed by atoms with Crippen LogP contribution in [0.2, 0.25) is 5.02 Å². The lowest BCUT2D eigenvalue weighted by molar-refractivity contribution is -0.152. The van der Waals surface area contributed by atoms with E-state index in [4.69, 9.17) is 21.1 Å². The van der Waals surface area contributed by atoms with Crippen molar-refractivity contribution in [3.05, 3.63) is 65.2 Å². The summed E-state index contributed by atoms with van der Waals surface area (Å²) in [5, 5.41) is 0.657. The second-order valence-electron chi connectivity index (χ2n) is 6.89. The molecule has 0 unspecified atom stereocenters. The number of benzene rings is 2. The number of carbonyl (C=O) groups is 2. The second-order valence-corrected chi connectivity index (χ2v) is 7.32. The molecule has 0 N–H and O–H groups in total. The van der Waals surface area contributed by atoms with Crippen molar-refractivity contribution in [2.75, 3.05) is 26.2 Å². The van der Waals surface area contributed by atoms with Crippen LogP contribution >= 0.6 is 11.6 Å². The lowest BCUT2D eigenvalue weighted by Crippen LogP contribution is -2.66. The fourth-order valence-electron chi connectivity index (χ4n) is 3.37. The number of hydrogen-bond acceptors (Lipinski definition) is 4. The molecular weight excluding hydrogens is 368 g/mol. The number of likely N-dealkylation sites (tertiary alicyclic amines) is 1. The molecule has 7 heteroatoms. The van der Waals surface area contributed by atoms with Crippen molar-refractivity contribution < 1.29 is 19.1 Å². The molecule has 6 nitrogen and oxygen atoms in total. The minimum absolute atomic E-state index is 0.0253. The average Bonchev–Trinajstić information content (AvgIpc) is 2.98. The normalized spacial score (nSPS) is 17.6. The maximum Gasteiger partial charge on any atom is 0.410 e. The number of ether oxygens (including phenoxy) is 2. The number of halogens is 1. The van der Waals surface area contributed by atoms with Crippen LogP contribution in [-0.2, 0) is 16.1 Å². The molecular formula is C20H19ClN2O4. The van der Waals surface area contributed by atoms with Crippen molar-refractivity contribution in [1.29, 1.82) is 0 Å². The van der Waals surface area contributed by atoms with Crippen LogP contribution in [0.15, 0.2) is 54.6 Å². The van der Waals surface area contributed by atoms with Crippen molar-refractivity contribution >= 4 is 23.6 Å². The summed E-state index contributed by atoms with van der Waals surface area (Å²) in [6.45, 7) is 1.70. The topological polar surface area (TPSA) is 59.1 Å². The van der Waals surface area contributed by atoms with Gasteiger partial charge in [0, 0.05) is 11.6 Å². The van der Waals surface area contributed by atoms with Crippen molar-refractivity contribution in [3.8, 4) is 5.75 Å². The van der Waals surface area contributed by atoms with Gasteiger partial charge in [-0.15, -0.1) is 0 Å². The smallest absolute Gasteiger partial charge is 0.410 e. The van der Waals surface area contributed by atoms with Crippen molar-refractivity contribution in [1.82, 2.24) is 9.80 Å². The van der Waals surface area contributed by atoms with Crippen LogP contribution in [-0.4, -0.2) is 53.6 Å². The Balaban J connectivity index is 1.28. The van der Waals surface area contributed by atoms with Gasteiger partial charge in [-0.3, -0.25) is 9.69 Å². The van der Waals surface area contributed by atoms with Gasteiger partial charge in [0.15, 0.2) is 12.2 Å². The minimum Gasteiger partial charge on any atom is -0.484 e. The zero-order chi connectivity index (χ0) is 18.9. The summed E-state index contributed by atoms with van der Waals surface area (Å²) in [5.41, 5.74) is 0.378. The summed E-state index contributed by atoms with van der Waals surface area (Å²) < 4.78 is 11.0. The molecule has 2 aliphatic rings. The van der Waals surface area contributed by atoms with E-state index in [-0.39, 0.29) is 18.6 Å². The standard InChI is InChI=1S/C20H19ClN2O4/c21-16-8-6-15(7-9-16)10-22-12-20(27-19(22)25)13-23(14-20)18(24)11-26-17-4-2-1-3-5-17/h1-9H,10-14H2. The Morgan fingerprint density at radius 2 is 1.78 bits per heavy atom. The van der Waals surface area contributed by atoms with E-state index >= 15 is 0 Å². The SMILES string of the molecule is O=C(COc1ccccc1)N1CC2(C1)CN(Cc1ccc(Cl)cc1)C(=O)O2. The zero-order valence-electron chi connectivity index (χ0n) is 14.6. The first-order valence-corrected chi connectivity index (χ1v) is 9.09. The molecule has 2 heterocycles. The highest BCUT2D eigenvalue weighted by Crippen LogP contribution is 2.33. The van der Waals surface area contributed by atoms with Crippen LogP contribution in [0, 0.1) is 0 Å². The molecule has 0 aromatic heterocycles. The molecule has 0 atom stereocenters. The van der Waals surface area contributed by atoms with E-state index in [1.165, 1.54) is 0 Å². The minimum atomic E-state index is -0.605. The van der Waals surface area contributed by atoms with E-state index in [2.05, 4.69) is 0 Å². The largest absolute Gasteiger partial charge is 0.484 e. The summed E-state index contributed by atoms with van der Waals surface area (Å²) in [6.07, 6.45) is -0.349. The molecule has 0 radical (unpaired) electrons. The number of para-hydroxylation sites is 1. The highest BCUT2D eigenvalue weighted by molar-refractivity contribution is 6.30. The van der Waals surface area contributed by atoms with E-state index in [1.807, 2.05) is 30.3 Å². The van der Waals surface area contributed by atoms with E-state index in [1.54, 1.807) is 34.1 Å². The van der Waals surface area contributed by atoms with Gasteiger partial charge in [0.25, 0.3) is 5.91 Å². The van der Waals surface area contributed by atoms with Gasteiger partial charge in [-0.05, 0) is 29.8 Å². The first-order valence-electron chi connectivity index (χ1n) is 8.71. The van der Waals surface area contributed by atoms with Crippen LogP contribution < -0.4 is 4.74 Å². The second kappa shape index (κ2) is 7.12. The van der Waals surface area contributed by atoms with E-state index in [0.717, 1.165) is 5.56 Å². The number of rotatable bonds is 5. The monoisotopic (exact) mass is 386 g/mol. The van der Waals surface area contributed by atoms with Gasteiger partial charge in [0.2, 0.25) is 0 Å². The van der Waals surface area contributed by atoms with Crippen LogP contribution in [0.25, 0.3) is 0 Å². The van der Waals surface area contributed by atoms with Gasteiger partial charge in [-0.1, -0.05) is 41.9 Å². The van der Waals surface area contributed by atoms with Gasteiger partial charge >= 0.3 is 6.09 Å². The van der Waals surface area contributed by atoms with Crippen LogP contribution in [0.5, 0.6) is 5.75 Å². The van der Waals surface area contributed by atoms with Gasteiger partial charge in [0.1, 0.15) is 5.75 Å². The quantitative estimate of drug-likeness (QED) is 0.792. The number of nitrogens with zero attached hydrogens (tertiary/aromatic N) is 2. The summed E-state index contributed by atoms with van der Waals surface area (Å²) in [5.74, 6) is 0.541. The maximum absolute atomic E-state index is 12.3. The molecule has 2 aromatic carbocycles. The summed E-state index contributed by atoms with van der Waals surface area (Å²) in [4.78, 5) is 27.8. The zero-order valence-corrected chi connectivity index (χ0v) is 15.4. The van der Waals surface area contributed by atoms with E-state index < -0.39 is 5.60 Å². The van der Waals surface area contributed by atoms with Crippen molar-refractivity contribution in [2.45, 2.75) is 12.1 Å². The Bertz CT molecular complexity index is 835. The van der Waals surface area contributed by atoms with E-state index in [0.29, 0.717) is 37.0 Å². The molecule has 1 spiro atoms. The molecule has 140 valence electrons. The molecule has 0 aliphatic carbocycles. The van der Waals surface area contributed by atoms with Crippen LogP contribution in [0.1, 0.15) is 5.56 Å². The number of amides is 2. The first-order chi connectivity index (χ1) is 13.0. The van der Waals surface area contributed by atoms with Gasteiger partial charge in [0.05, 0.1) is 19.6 Å². The molecule has 4 rings (SSSR count). The Labute approximate surface area is 162 Å². The molecule has 2 saturated heterocycles. The van der Waals surface area contributed by atoms with Crippen LogP contribution in [0.4, 0.5) is 4.79 Å². The molecule has 27 heavy (non-hydrogen) atoms. The van der Waals surface area contributed by atoms with Gasteiger partial charge in [-0.25, -0.2) is 4.79 Å². The third-order valence-electron chi connectivity index (χ3n) is 4.74. The maximum atomic E-state index is 12.3. The van der Waals surface area contributed by atoms with E-state index in [9.17, 15) is 9.59 Å². The molecule has 2 fully saturated rings. The third kappa shape index (κ3) is 3.85. The fraction of sp³-hybridized carbons (Fsp3) is 0.300. The van der Waals surface area contributed by atoms with Crippen LogP contribution in [0.3, 0.4) is 0 Å². The summed E-state index contributed by atoms with van der Waals surface area (Å²) in [7, 11) is 0. The first kappa shape index (κ1) is 17.7. The van der Waals surface area contributed by atoms with Crippen molar-refractivity contribution in [2.24, 2.45) is 0 Å². The predicted octanol–water partition coefficient (Wildman–Crippen LogP) is 2.95. The summed E-state index contributed by atoms with van der Waals surface area (Å²) >= 11 is 5.89. The molecule has 2 aromatic rings. The lowest BCUT2D eigenvalue weighted by Gasteiger charge is -2.45. The molecule has 2 amide bonds. The predicted molar refractivity (Wildman–Crippen MR) is 99.6 cm³/mol. The number of carbonyl (C=O) groups excluding carboxylic acids is 2. The van der Waals surface area contributed by atoms with Gasteiger partial charge in [-0.2, -0.15) is 0 Å². The highest BCUT2D eigenvalue weighted by atomic mass is 35.5. The lowest BCUT2D eigenvalue weighted by atomic mass is 9.94. The van der Waals surface area contributed by atoms with Gasteiger partial charge < -0.3 is 14.4 Å². The molecule has 0 saturated carbocycles.